The Hall–Kier alpha value is -4.14. The van der Waals surface area contributed by atoms with Crippen molar-refractivity contribution in [3.05, 3.63) is 76.3 Å². The highest BCUT2D eigenvalue weighted by Gasteiger charge is 2.27. The van der Waals surface area contributed by atoms with E-state index in [4.69, 9.17) is 4.42 Å². The molecule has 0 saturated heterocycles. The summed E-state index contributed by atoms with van der Waals surface area (Å²) in [6, 6.07) is 6.85. The van der Waals surface area contributed by atoms with Gasteiger partial charge in [-0.2, -0.15) is 0 Å². The molecule has 278 valence electrons. The Balaban J connectivity index is 1.74. The van der Waals surface area contributed by atoms with Crippen molar-refractivity contribution in [2.75, 3.05) is 19.0 Å². The van der Waals surface area contributed by atoms with Gasteiger partial charge in [-0.3, -0.25) is 23.7 Å². The van der Waals surface area contributed by atoms with Crippen molar-refractivity contribution in [1.82, 2.24) is 4.57 Å². The van der Waals surface area contributed by atoms with Crippen molar-refractivity contribution >= 4 is 27.9 Å². The SMILES string of the molecule is CCCCCCCCCCCc1c(O)c(=O)c2c(oc3c(=O)c(CCCCCCCCCCC)c(O)c(=O)c3n2-c2ccc(N(C)C)cc2)c1=O. The minimum absolute atomic E-state index is 0.0449. The van der Waals surface area contributed by atoms with Gasteiger partial charge >= 0.3 is 0 Å². The Morgan fingerprint density at radius 2 is 0.882 bits per heavy atom. The van der Waals surface area contributed by atoms with Crippen LogP contribution in [-0.2, 0) is 12.8 Å². The van der Waals surface area contributed by atoms with Gasteiger partial charge in [0.1, 0.15) is 11.0 Å². The van der Waals surface area contributed by atoms with E-state index >= 15 is 0 Å². The van der Waals surface area contributed by atoms with Gasteiger partial charge in [0.2, 0.25) is 32.9 Å². The van der Waals surface area contributed by atoms with Gasteiger partial charge in [-0.1, -0.05) is 117 Å². The molecular weight excluding hydrogens is 644 g/mol. The zero-order valence-electron chi connectivity index (χ0n) is 31.3. The molecule has 0 aliphatic heterocycles. The van der Waals surface area contributed by atoms with Crippen LogP contribution in [0.15, 0.2) is 47.9 Å². The fourth-order valence-corrected chi connectivity index (χ4v) is 7.07. The lowest BCUT2D eigenvalue weighted by molar-refractivity contribution is 0.458. The van der Waals surface area contributed by atoms with Crippen molar-refractivity contribution in [3.8, 4) is 17.2 Å². The van der Waals surface area contributed by atoms with Crippen LogP contribution in [0, 0.1) is 0 Å². The molecule has 0 amide bonds. The molecule has 4 rings (SSSR count). The minimum Gasteiger partial charge on any atom is -0.504 e. The van der Waals surface area contributed by atoms with Crippen LogP contribution in [0.5, 0.6) is 11.5 Å². The van der Waals surface area contributed by atoms with E-state index in [2.05, 4.69) is 13.8 Å². The van der Waals surface area contributed by atoms with Gasteiger partial charge in [-0.15, -0.1) is 0 Å². The summed E-state index contributed by atoms with van der Waals surface area (Å²) in [6.45, 7) is 4.39. The van der Waals surface area contributed by atoms with Crippen LogP contribution in [0.1, 0.15) is 141 Å². The van der Waals surface area contributed by atoms with Crippen molar-refractivity contribution in [3.63, 3.8) is 0 Å². The molecule has 0 unspecified atom stereocenters. The van der Waals surface area contributed by atoms with E-state index in [9.17, 15) is 29.4 Å². The van der Waals surface area contributed by atoms with Crippen LogP contribution in [0.4, 0.5) is 5.69 Å². The van der Waals surface area contributed by atoms with Crippen LogP contribution in [0.25, 0.3) is 27.9 Å². The molecule has 1 aromatic heterocycles. The Labute approximate surface area is 301 Å². The first-order valence-electron chi connectivity index (χ1n) is 19.4. The second kappa shape index (κ2) is 19.5. The maximum Gasteiger partial charge on any atom is 0.248 e. The van der Waals surface area contributed by atoms with Crippen LogP contribution in [-0.4, -0.2) is 28.9 Å². The molecular formula is C42H58N2O7. The molecule has 1 heterocycles. The van der Waals surface area contributed by atoms with Gasteiger partial charge in [-0.25, -0.2) is 0 Å². The first-order chi connectivity index (χ1) is 24.6. The molecule has 9 heteroatoms. The number of nitrogens with zero attached hydrogens (tertiary/aromatic N) is 2. The first-order valence-corrected chi connectivity index (χ1v) is 19.4. The number of aromatic hydroxyl groups is 2. The van der Waals surface area contributed by atoms with Crippen molar-refractivity contribution < 1.29 is 14.6 Å². The van der Waals surface area contributed by atoms with Gasteiger partial charge in [0.05, 0.1) is 0 Å². The second-order valence-corrected chi connectivity index (χ2v) is 14.3. The van der Waals surface area contributed by atoms with E-state index in [0.29, 0.717) is 18.5 Å². The first kappa shape index (κ1) is 39.6. The minimum atomic E-state index is -0.872. The molecule has 3 aromatic carbocycles. The van der Waals surface area contributed by atoms with Crippen molar-refractivity contribution in [2.45, 2.75) is 142 Å². The van der Waals surface area contributed by atoms with Crippen LogP contribution in [0.3, 0.4) is 0 Å². The van der Waals surface area contributed by atoms with E-state index in [0.717, 1.165) is 57.1 Å². The average Bonchev–Trinajstić information content (AvgIpc) is 3.13. The van der Waals surface area contributed by atoms with Crippen molar-refractivity contribution in [1.29, 1.82) is 0 Å². The Bertz CT molecular complexity index is 1850. The highest BCUT2D eigenvalue weighted by molar-refractivity contribution is 5.89. The third kappa shape index (κ3) is 9.60. The van der Waals surface area contributed by atoms with Gasteiger partial charge < -0.3 is 19.5 Å². The Kier molecular flexibility index (Phi) is 15.1. The molecule has 0 saturated carbocycles. The summed E-state index contributed by atoms with van der Waals surface area (Å²) in [6.07, 6.45) is 19.6. The molecule has 0 spiro atoms. The maximum atomic E-state index is 14.0. The summed E-state index contributed by atoms with van der Waals surface area (Å²) >= 11 is 0. The monoisotopic (exact) mass is 702 g/mol. The van der Waals surface area contributed by atoms with Crippen LogP contribution in [0.2, 0.25) is 0 Å². The highest BCUT2D eigenvalue weighted by atomic mass is 16.3. The number of phenols is 2. The molecule has 0 fully saturated rings. The standard InChI is InChI=1S/C42H58N2O7/c1-5-7-9-11-13-15-17-19-21-23-31-35(45)39(49)33-41(37(31)47)51-42-34(44(33)30-27-25-29(26-28-30)43(3)4)40(50)36(46)32(38(42)48)24-22-20-18-16-14-12-10-8-6-2/h25-28,45-46H,5-24H2,1-4H3. The van der Waals surface area contributed by atoms with Gasteiger partial charge in [-0.05, 0) is 49.9 Å². The normalized spacial score (nSPS) is 11.6. The maximum absolute atomic E-state index is 14.0. The summed E-state index contributed by atoms with van der Waals surface area (Å²) in [5, 5.41) is 22.3. The number of aromatic nitrogens is 1. The van der Waals surface area contributed by atoms with E-state index in [1.165, 1.54) is 55.9 Å². The molecule has 0 radical (unpaired) electrons. The number of unbranched alkanes of at least 4 members (excludes halogenated alkanes) is 16. The predicted octanol–water partition coefficient (Wildman–Crippen LogP) is 8.88. The van der Waals surface area contributed by atoms with E-state index in [-0.39, 0.29) is 46.2 Å². The van der Waals surface area contributed by atoms with Crippen LogP contribution >= 0.6 is 0 Å². The summed E-state index contributed by atoms with van der Waals surface area (Å²) < 4.78 is 7.19. The number of anilines is 1. The Morgan fingerprint density at radius 1 is 0.529 bits per heavy atom. The summed E-state index contributed by atoms with van der Waals surface area (Å²) in [4.78, 5) is 57.7. The molecule has 4 aromatic rings. The summed E-state index contributed by atoms with van der Waals surface area (Å²) in [5.74, 6) is -1.36. The lowest BCUT2D eigenvalue weighted by Crippen LogP contribution is -2.26. The largest absolute Gasteiger partial charge is 0.504 e. The Morgan fingerprint density at radius 3 is 1.24 bits per heavy atom. The molecule has 0 aliphatic carbocycles. The van der Waals surface area contributed by atoms with Gasteiger partial charge in [0.25, 0.3) is 0 Å². The van der Waals surface area contributed by atoms with Crippen molar-refractivity contribution in [2.24, 2.45) is 0 Å². The van der Waals surface area contributed by atoms with E-state index in [1.54, 1.807) is 24.3 Å². The fourth-order valence-electron chi connectivity index (χ4n) is 7.07. The number of hydrogen-bond acceptors (Lipinski definition) is 8. The van der Waals surface area contributed by atoms with E-state index < -0.39 is 33.2 Å². The zero-order valence-corrected chi connectivity index (χ0v) is 31.3. The van der Waals surface area contributed by atoms with E-state index in [1.807, 2.05) is 19.0 Å². The lowest BCUT2D eigenvalue weighted by Gasteiger charge is -2.17. The lowest BCUT2D eigenvalue weighted by atomic mass is 10.0. The molecule has 0 atom stereocenters. The molecule has 0 aliphatic rings. The highest BCUT2D eigenvalue weighted by Crippen LogP contribution is 2.28. The second-order valence-electron chi connectivity index (χ2n) is 14.3. The molecule has 0 bridgehead atoms. The third-order valence-electron chi connectivity index (χ3n) is 10.2. The molecule has 9 nitrogen and oxygen atoms in total. The van der Waals surface area contributed by atoms with Crippen LogP contribution < -0.4 is 26.6 Å². The van der Waals surface area contributed by atoms with Gasteiger partial charge in [0.15, 0.2) is 11.5 Å². The summed E-state index contributed by atoms with van der Waals surface area (Å²) in [5.41, 5.74) is -3.51. The molecule has 51 heavy (non-hydrogen) atoms. The fraction of sp³-hybridized carbons (Fsp3) is 0.571. The number of fused-ring (bicyclic) bond motifs is 2. The number of benzene rings is 3. The number of hydrogen-bond donors (Lipinski definition) is 2. The summed E-state index contributed by atoms with van der Waals surface area (Å²) in [7, 11) is 3.74. The number of rotatable bonds is 22. The predicted molar refractivity (Wildman–Crippen MR) is 209 cm³/mol. The average molecular weight is 703 g/mol. The van der Waals surface area contributed by atoms with Gasteiger partial charge in [0, 0.05) is 36.6 Å². The third-order valence-corrected chi connectivity index (χ3v) is 10.2. The topological polar surface area (TPSA) is 130 Å². The molecule has 2 N–H and O–H groups in total. The zero-order chi connectivity index (χ0) is 36.9. The quantitative estimate of drug-likeness (QED) is 0.0614. The number of phenolic OH excluding ortho intramolecular Hbond substituents is 2. The smallest absolute Gasteiger partial charge is 0.248 e.